The van der Waals surface area contributed by atoms with Crippen LogP contribution >= 0.6 is 0 Å². The molecule has 41 heavy (non-hydrogen) atoms. The number of aromatic nitrogens is 4. The van der Waals surface area contributed by atoms with Crippen LogP contribution < -0.4 is 14.9 Å². The second-order valence-electron chi connectivity index (χ2n) is 9.56. The Morgan fingerprint density at radius 1 is 1.12 bits per heavy atom. The fraction of sp³-hybridized carbons (Fsp3) is 0.269. The van der Waals surface area contributed by atoms with Crippen LogP contribution in [0.4, 0.5) is 11.4 Å². The largest absolute Gasteiger partial charge is 0.382 e. The van der Waals surface area contributed by atoms with Crippen LogP contribution in [0.5, 0.6) is 0 Å². The van der Waals surface area contributed by atoms with Crippen molar-refractivity contribution in [1.29, 1.82) is 5.26 Å². The third-order valence-corrected chi connectivity index (χ3v) is 7.51. The van der Waals surface area contributed by atoms with E-state index in [9.17, 15) is 21.6 Å². The highest BCUT2D eigenvalue weighted by Gasteiger charge is 2.17. The maximum Gasteiger partial charge on any atom is 0.254 e. The average Bonchev–Trinajstić information content (AvgIpc) is 3.34. The molecule has 0 radical (unpaired) electrons. The van der Waals surface area contributed by atoms with Gasteiger partial charge < -0.3 is 10.6 Å². The first-order chi connectivity index (χ1) is 19.4. The third kappa shape index (κ3) is 7.35. The predicted octanol–water partition coefficient (Wildman–Crippen LogP) is 1.81. The van der Waals surface area contributed by atoms with Crippen LogP contribution in [0.1, 0.15) is 35.3 Å². The van der Waals surface area contributed by atoms with Gasteiger partial charge in [-0.15, -0.1) is 0 Å². The average molecular weight is 597 g/mol. The van der Waals surface area contributed by atoms with Crippen LogP contribution in [0.3, 0.4) is 0 Å². The van der Waals surface area contributed by atoms with Crippen molar-refractivity contribution in [1.82, 2.24) is 25.1 Å². The van der Waals surface area contributed by atoms with E-state index >= 15 is 0 Å². The first-order valence-electron chi connectivity index (χ1n) is 12.4. The number of nitrogens with zero attached hydrogens (tertiary/aromatic N) is 6. The number of hydrogen-bond donors (Lipinski definition) is 3. The summed E-state index contributed by atoms with van der Waals surface area (Å²) in [5, 5.41) is 20.3. The molecule has 0 saturated carbocycles. The van der Waals surface area contributed by atoms with E-state index in [0.29, 0.717) is 46.6 Å². The lowest BCUT2D eigenvalue weighted by Crippen LogP contribution is -2.28. The molecule has 15 heteroatoms. The lowest BCUT2D eigenvalue weighted by molar-refractivity contribution is 0.0954. The van der Waals surface area contributed by atoms with Crippen molar-refractivity contribution in [3.05, 3.63) is 71.7 Å². The van der Waals surface area contributed by atoms with E-state index in [1.54, 1.807) is 30.5 Å². The van der Waals surface area contributed by atoms with Gasteiger partial charge in [0, 0.05) is 42.7 Å². The first kappa shape index (κ1) is 29.4. The number of hydrogen-bond acceptors (Lipinski definition) is 10. The van der Waals surface area contributed by atoms with Crippen molar-refractivity contribution in [3.63, 3.8) is 0 Å². The zero-order chi connectivity index (χ0) is 29.7. The molecule has 0 spiro atoms. The summed E-state index contributed by atoms with van der Waals surface area (Å²) in [7, 11) is -6.68. The van der Waals surface area contributed by atoms with Gasteiger partial charge in [-0.2, -0.15) is 15.0 Å². The minimum atomic E-state index is -3.55. The number of thiol groups is 1. The maximum absolute atomic E-state index is 13.1. The van der Waals surface area contributed by atoms with Gasteiger partial charge in [-0.25, -0.2) is 26.8 Å². The second kappa shape index (κ2) is 12.3. The van der Waals surface area contributed by atoms with Crippen LogP contribution in [0.25, 0.3) is 16.9 Å². The molecule has 0 fully saturated rings. The molecule has 3 heterocycles. The molecule has 0 atom stereocenters. The number of carbonyl (C=O) groups is 1. The molecule has 2 N–H and O–H groups in total. The third-order valence-electron chi connectivity index (χ3n) is 5.82. The molecule has 4 aromatic rings. The summed E-state index contributed by atoms with van der Waals surface area (Å²) in [4.78, 5) is 21.8. The van der Waals surface area contributed by atoms with E-state index in [1.165, 1.54) is 29.2 Å². The molecule has 0 unspecified atom stereocenters. The molecule has 3 aromatic heterocycles. The summed E-state index contributed by atoms with van der Waals surface area (Å²) in [6.45, 7) is 4.18. The molecule has 1 amide bonds. The Kier molecular flexibility index (Phi) is 8.84. The highest BCUT2D eigenvalue weighted by molar-refractivity contribution is 7.91. The molecule has 0 aliphatic heterocycles. The molecule has 4 rings (SSSR count). The number of benzene rings is 1. The van der Waals surface area contributed by atoms with E-state index in [1.807, 2.05) is 13.8 Å². The number of sulfone groups is 1. The van der Waals surface area contributed by atoms with Crippen molar-refractivity contribution >= 4 is 49.0 Å². The molecule has 0 aliphatic carbocycles. The normalized spacial score (nSPS) is 11.5. The van der Waals surface area contributed by atoms with E-state index < -0.39 is 26.6 Å². The Bertz CT molecular complexity index is 1800. The van der Waals surface area contributed by atoms with E-state index in [-0.39, 0.29) is 17.6 Å². The number of rotatable bonds is 11. The molecular weight excluding hydrogens is 568 g/mol. The Hall–Kier alpha value is -4.55. The SMILES string of the molecule is CC(C)Nc1cc(-n2ncc3cc(C#N)cnc32)ncc1C(=O)NCCc1ccc(N(CS(C)(=O)=O)[SH](=O)=O)cc1. The number of fused-ring (bicyclic) bond motifs is 1. The summed E-state index contributed by atoms with van der Waals surface area (Å²) in [5.74, 6) is -0.536. The zero-order valence-corrected chi connectivity index (χ0v) is 24.2. The van der Waals surface area contributed by atoms with Gasteiger partial charge in [-0.3, -0.25) is 9.10 Å². The van der Waals surface area contributed by atoms with E-state index in [4.69, 9.17) is 5.26 Å². The van der Waals surface area contributed by atoms with Crippen LogP contribution in [0, 0.1) is 11.3 Å². The topological polar surface area (TPSA) is 180 Å². The second-order valence-corrected chi connectivity index (χ2v) is 12.6. The van der Waals surface area contributed by atoms with Crippen molar-refractivity contribution in [2.45, 2.75) is 26.3 Å². The lowest BCUT2D eigenvalue weighted by atomic mass is 10.1. The minimum absolute atomic E-state index is 0.0209. The quantitative estimate of drug-likeness (QED) is 0.216. The number of nitriles is 1. The van der Waals surface area contributed by atoms with Gasteiger partial charge in [-0.1, -0.05) is 12.1 Å². The van der Waals surface area contributed by atoms with Gasteiger partial charge in [0.05, 0.1) is 28.7 Å². The number of carbonyl (C=O) groups excluding carboxylic acids is 1. The van der Waals surface area contributed by atoms with Gasteiger partial charge in [0.25, 0.3) is 5.91 Å². The maximum atomic E-state index is 13.1. The molecule has 13 nitrogen and oxygen atoms in total. The summed E-state index contributed by atoms with van der Waals surface area (Å²) < 4.78 is 48.5. The highest BCUT2D eigenvalue weighted by atomic mass is 32.2. The Balaban J connectivity index is 1.47. The zero-order valence-electron chi connectivity index (χ0n) is 22.5. The first-order valence-corrected chi connectivity index (χ1v) is 15.6. The van der Waals surface area contributed by atoms with Crippen molar-refractivity contribution < 1.29 is 21.6 Å². The summed E-state index contributed by atoms with van der Waals surface area (Å²) in [6, 6.07) is 11.9. The van der Waals surface area contributed by atoms with Crippen molar-refractivity contribution in [3.8, 4) is 11.9 Å². The molecule has 1 aromatic carbocycles. The number of anilines is 2. The highest BCUT2D eigenvalue weighted by Crippen LogP contribution is 2.22. The molecular formula is C26H28N8O5S2. The lowest BCUT2D eigenvalue weighted by Gasteiger charge is -2.17. The van der Waals surface area contributed by atoms with Crippen molar-refractivity contribution in [2.75, 3.05) is 28.3 Å². The van der Waals surface area contributed by atoms with Crippen LogP contribution in [-0.4, -0.2) is 67.2 Å². The fourth-order valence-electron chi connectivity index (χ4n) is 4.01. The number of pyridine rings is 2. The standard InChI is InChI=1S/C26H28N8O5S2/c1-17(2)32-23-11-24(34-25-20(14-31-34)10-19(12-27)13-30-25)29-15-22(23)26(35)28-9-8-18-4-6-21(7-5-18)33(40(36)37)16-41(3,38)39/h4-7,10-11,13-15,17,40H,8-9,16H2,1-3H3,(H,28,35)(H,29,32). The van der Waals surface area contributed by atoms with Gasteiger partial charge in [-0.05, 0) is 44.0 Å². The summed E-state index contributed by atoms with van der Waals surface area (Å²) in [6.07, 6.45) is 5.93. The van der Waals surface area contributed by atoms with Gasteiger partial charge in [0.15, 0.2) is 21.3 Å². The Labute approximate surface area is 238 Å². The van der Waals surface area contributed by atoms with Crippen LogP contribution in [-0.2, 0) is 27.1 Å². The Morgan fingerprint density at radius 2 is 1.85 bits per heavy atom. The number of nitrogens with one attached hydrogen (secondary N) is 2. The van der Waals surface area contributed by atoms with Crippen LogP contribution in [0.2, 0.25) is 0 Å². The van der Waals surface area contributed by atoms with Crippen LogP contribution in [0.15, 0.2) is 55.0 Å². The van der Waals surface area contributed by atoms with E-state index in [2.05, 4.69) is 31.8 Å². The molecule has 0 bridgehead atoms. The van der Waals surface area contributed by atoms with E-state index in [0.717, 1.165) is 16.1 Å². The summed E-state index contributed by atoms with van der Waals surface area (Å²) >= 11 is 0. The monoisotopic (exact) mass is 596 g/mol. The fourth-order valence-corrected chi connectivity index (χ4v) is 5.93. The smallest absolute Gasteiger partial charge is 0.254 e. The van der Waals surface area contributed by atoms with Gasteiger partial charge in [0.2, 0.25) is 10.9 Å². The summed E-state index contributed by atoms with van der Waals surface area (Å²) in [5.41, 5.74) is 2.90. The van der Waals surface area contributed by atoms with Crippen molar-refractivity contribution in [2.24, 2.45) is 0 Å². The van der Waals surface area contributed by atoms with Gasteiger partial charge in [0.1, 0.15) is 11.9 Å². The number of amides is 1. The minimum Gasteiger partial charge on any atom is -0.382 e. The van der Waals surface area contributed by atoms with Gasteiger partial charge >= 0.3 is 0 Å². The predicted molar refractivity (Wildman–Crippen MR) is 155 cm³/mol. The molecule has 0 saturated heterocycles. The molecule has 0 aliphatic rings. The Morgan fingerprint density at radius 3 is 2.49 bits per heavy atom. The molecule has 214 valence electrons.